The van der Waals surface area contributed by atoms with Gasteiger partial charge in [0.15, 0.2) is 11.2 Å². The van der Waals surface area contributed by atoms with Crippen molar-refractivity contribution in [3.63, 3.8) is 0 Å². The first-order chi connectivity index (χ1) is 10.9. The Kier molecular flexibility index (Phi) is 5.11. The summed E-state index contributed by atoms with van der Waals surface area (Å²) < 4.78 is 18.6. The summed E-state index contributed by atoms with van der Waals surface area (Å²) in [7, 11) is 1.51. The first-order valence-electron chi connectivity index (χ1n) is 7.12. The molecule has 12 heteroatoms. The number of fused-ring (bicyclic) bond motifs is 1. The zero-order valence-electron chi connectivity index (χ0n) is 13.7. The van der Waals surface area contributed by atoms with Crippen molar-refractivity contribution in [2.75, 3.05) is 39.8 Å². The molecule has 2 rings (SSSR count). The molecule has 0 radical (unpaired) electrons. The van der Waals surface area contributed by atoms with E-state index in [2.05, 4.69) is 15.0 Å². The van der Waals surface area contributed by atoms with Crippen LogP contribution in [-0.4, -0.2) is 73.9 Å². The minimum atomic E-state index is -4.28. The molecule has 0 fully saturated rings. The fraction of sp³-hybridized carbons (Fsp3) is 0.583. The molecule has 0 aliphatic heterocycles. The van der Waals surface area contributed by atoms with Crippen LogP contribution in [0.25, 0.3) is 11.2 Å². The first-order valence-corrected chi connectivity index (χ1v) is 8.92. The van der Waals surface area contributed by atoms with Gasteiger partial charge < -0.3 is 29.3 Å². The van der Waals surface area contributed by atoms with Crippen molar-refractivity contribution in [2.24, 2.45) is 0 Å². The van der Waals surface area contributed by atoms with Crippen LogP contribution in [0, 0.1) is 0 Å². The van der Waals surface area contributed by atoms with Crippen molar-refractivity contribution in [1.29, 1.82) is 0 Å². The van der Waals surface area contributed by atoms with Gasteiger partial charge >= 0.3 is 7.60 Å². The van der Waals surface area contributed by atoms with Crippen LogP contribution in [0.15, 0.2) is 11.1 Å². The van der Waals surface area contributed by atoms with Crippen LogP contribution in [0.4, 0.5) is 5.95 Å². The van der Waals surface area contributed by atoms with Gasteiger partial charge in [-0.15, -0.1) is 0 Å². The van der Waals surface area contributed by atoms with Gasteiger partial charge in [-0.1, -0.05) is 0 Å². The van der Waals surface area contributed by atoms with Crippen molar-refractivity contribution in [2.45, 2.75) is 12.6 Å². The Morgan fingerprint density at radius 1 is 1.46 bits per heavy atom. The number of hydrogen-bond acceptors (Lipinski definition) is 6. The smallest absolute Gasteiger partial charge is 0.350 e. The van der Waals surface area contributed by atoms with Crippen LogP contribution in [0.3, 0.4) is 0 Å². The van der Waals surface area contributed by atoms with Gasteiger partial charge in [-0.05, 0) is 0 Å². The van der Waals surface area contributed by atoms with E-state index in [1.165, 1.54) is 6.33 Å². The third-order valence-corrected chi connectivity index (χ3v) is 3.61. The largest absolute Gasteiger partial charge is 0.369 e. The molecule has 11 nitrogen and oxygen atoms in total. The molecule has 0 aliphatic carbocycles. The molecular formula is C12H22N6O5P+. The molecule has 134 valence electrons. The summed E-state index contributed by atoms with van der Waals surface area (Å²) in [5, 5.41) is 0. The number of hydrogen-bond donors (Lipinski definition) is 4. The molecule has 0 amide bonds. The van der Waals surface area contributed by atoms with Crippen LogP contribution in [-0.2, 0) is 15.8 Å². The molecule has 0 bridgehead atoms. The summed E-state index contributed by atoms with van der Waals surface area (Å²) in [4.78, 5) is 40.3. The van der Waals surface area contributed by atoms with Crippen molar-refractivity contribution in [3.8, 4) is 0 Å². The Labute approximate surface area is 137 Å². The topological polar surface area (TPSA) is 156 Å². The standard InChI is InChI=1S/C12H21N6O5P/c1-18(2,3)5-8(23-7-24(20,21)22)4-17-6-14-9-10(17)15-12(13)16-11(9)19/h6,8H,4-5,7H2,1-3H3,(H4-,13,15,16,19,20,21,22)/p+1. The zero-order valence-corrected chi connectivity index (χ0v) is 14.6. The van der Waals surface area contributed by atoms with Gasteiger partial charge in [0, 0.05) is 0 Å². The second-order valence-electron chi connectivity index (χ2n) is 6.58. The molecule has 2 aromatic heterocycles. The van der Waals surface area contributed by atoms with Crippen LogP contribution >= 0.6 is 7.60 Å². The average molecular weight is 361 g/mol. The summed E-state index contributed by atoms with van der Waals surface area (Å²) in [5.41, 5.74) is 5.54. The normalized spacial score (nSPS) is 14.2. The molecule has 0 aliphatic rings. The lowest BCUT2D eigenvalue weighted by Gasteiger charge is -2.29. The number of nitrogen functional groups attached to an aromatic ring is 1. The average Bonchev–Trinajstić information content (AvgIpc) is 2.77. The molecule has 0 saturated carbocycles. The van der Waals surface area contributed by atoms with Gasteiger partial charge in [0.05, 0.1) is 34.0 Å². The van der Waals surface area contributed by atoms with Crippen molar-refractivity contribution < 1.29 is 23.6 Å². The maximum atomic E-state index is 11.8. The summed E-state index contributed by atoms with van der Waals surface area (Å²) in [6, 6.07) is 0. The first kappa shape index (κ1) is 18.6. The Morgan fingerprint density at radius 3 is 2.71 bits per heavy atom. The van der Waals surface area contributed by atoms with Crippen LogP contribution in [0.1, 0.15) is 0 Å². The number of anilines is 1. The number of rotatable bonds is 7. The number of nitrogens with zero attached hydrogens (tertiary/aromatic N) is 4. The van der Waals surface area contributed by atoms with E-state index >= 15 is 0 Å². The highest BCUT2D eigenvalue weighted by molar-refractivity contribution is 7.51. The highest BCUT2D eigenvalue weighted by Crippen LogP contribution is 2.34. The van der Waals surface area contributed by atoms with Gasteiger partial charge in [-0.25, -0.2) is 4.98 Å². The SMILES string of the molecule is C[N+](C)(C)CC(Cn1cnc2c(=O)[nH]c(N)nc21)OCP(=O)(O)O. The van der Waals surface area contributed by atoms with E-state index in [9.17, 15) is 9.36 Å². The van der Waals surface area contributed by atoms with E-state index in [1.807, 2.05) is 21.1 Å². The monoisotopic (exact) mass is 361 g/mol. The lowest BCUT2D eigenvalue weighted by molar-refractivity contribution is -0.873. The lowest BCUT2D eigenvalue weighted by atomic mass is 10.3. The number of ether oxygens (including phenoxy) is 1. The maximum absolute atomic E-state index is 11.8. The van der Waals surface area contributed by atoms with E-state index < -0.39 is 25.6 Å². The lowest BCUT2D eigenvalue weighted by Crippen LogP contribution is -2.44. The molecule has 1 unspecified atom stereocenters. The third kappa shape index (κ3) is 5.11. The van der Waals surface area contributed by atoms with Gasteiger partial charge in [-0.2, -0.15) is 4.98 Å². The summed E-state index contributed by atoms with van der Waals surface area (Å²) in [6.07, 6.45) is 0.230. The summed E-state index contributed by atoms with van der Waals surface area (Å²) in [6.45, 7) is 0.709. The molecule has 2 aromatic rings. The fourth-order valence-electron chi connectivity index (χ4n) is 2.30. The summed E-state index contributed by atoms with van der Waals surface area (Å²) in [5.74, 6) is -0.0338. The Balaban J connectivity index is 2.28. The molecule has 1 atom stereocenters. The number of quaternary nitrogens is 1. The number of imidazole rings is 1. The zero-order chi connectivity index (χ0) is 18.1. The van der Waals surface area contributed by atoms with Crippen molar-refractivity contribution in [3.05, 3.63) is 16.7 Å². The molecule has 0 aromatic carbocycles. The second kappa shape index (κ2) is 6.61. The summed E-state index contributed by atoms with van der Waals surface area (Å²) >= 11 is 0. The number of nitrogens with one attached hydrogen (secondary N) is 1. The van der Waals surface area contributed by atoms with Crippen LogP contribution < -0.4 is 11.3 Å². The number of aromatic nitrogens is 4. The minimum absolute atomic E-state index is 0.0338. The molecule has 2 heterocycles. The highest BCUT2D eigenvalue weighted by Gasteiger charge is 2.24. The van der Waals surface area contributed by atoms with Gasteiger partial charge in [0.1, 0.15) is 19.0 Å². The number of nitrogens with two attached hydrogens (primary N) is 1. The van der Waals surface area contributed by atoms with Gasteiger partial charge in [0.2, 0.25) is 5.95 Å². The quantitative estimate of drug-likeness (QED) is 0.359. The van der Waals surface area contributed by atoms with Crippen LogP contribution in [0.5, 0.6) is 0 Å². The molecule has 24 heavy (non-hydrogen) atoms. The predicted molar refractivity (Wildman–Crippen MR) is 87.2 cm³/mol. The Hall–Kier alpha value is -1.78. The van der Waals surface area contributed by atoms with Crippen molar-refractivity contribution in [1.82, 2.24) is 19.5 Å². The molecular weight excluding hydrogens is 339 g/mol. The maximum Gasteiger partial charge on any atom is 0.350 e. The predicted octanol–water partition coefficient (Wildman–Crippen LogP) is -1.07. The minimum Gasteiger partial charge on any atom is -0.369 e. The van der Waals surface area contributed by atoms with E-state index in [0.717, 1.165) is 0 Å². The van der Waals surface area contributed by atoms with E-state index in [-0.39, 0.29) is 18.0 Å². The van der Waals surface area contributed by atoms with Crippen molar-refractivity contribution >= 4 is 24.7 Å². The molecule has 0 saturated heterocycles. The number of H-pyrrole nitrogens is 1. The number of aromatic amines is 1. The third-order valence-electron chi connectivity index (χ3n) is 3.12. The van der Waals surface area contributed by atoms with Gasteiger partial charge in [0.25, 0.3) is 5.56 Å². The highest BCUT2D eigenvalue weighted by atomic mass is 31.2. The van der Waals surface area contributed by atoms with E-state index in [1.54, 1.807) is 4.57 Å². The Morgan fingerprint density at radius 2 is 2.12 bits per heavy atom. The van der Waals surface area contributed by atoms with Gasteiger partial charge in [-0.3, -0.25) is 14.3 Å². The number of likely N-dealkylation sites (N-methyl/N-ethyl adjacent to an activating group) is 1. The van der Waals surface area contributed by atoms with Crippen LogP contribution in [0.2, 0.25) is 0 Å². The van der Waals surface area contributed by atoms with E-state index in [4.69, 9.17) is 20.3 Å². The Bertz CT molecular complexity index is 819. The molecule has 5 N–H and O–H groups in total. The second-order valence-corrected chi connectivity index (χ2v) is 8.16. The molecule has 0 spiro atoms. The van der Waals surface area contributed by atoms with E-state index in [0.29, 0.717) is 16.7 Å². The fourth-order valence-corrected chi connectivity index (χ4v) is 2.71.